The summed E-state index contributed by atoms with van der Waals surface area (Å²) in [6, 6.07) is 13.4. The lowest BCUT2D eigenvalue weighted by atomic mass is 10.1. The molecule has 4 nitrogen and oxygen atoms in total. The number of hydrogen-bond donors (Lipinski definition) is 2. The maximum atomic E-state index is 12.1. The maximum absolute atomic E-state index is 12.1. The van der Waals surface area contributed by atoms with Crippen molar-refractivity contribution in [2.24, 2.45) is 0 Å². The van der Waals surface area contributed by atoms with E-state index in [9.17, 15) is 9.59 Å². The Morgan fingerprint density at radius 3 is 2.25 bits per heavy atom. The van der Waals surface area contributed by atoms with E-state index < -0.39 is 0 Å². The van der Waals surface area contributed by atoms with Gasteiger partial charge in [-0.1, -0.05) is 35.9 Å². The molecule has 1 unspecified atom stereocenters. The minimum Gasteiger partial charge on any atom is -0.348 e. The van der Waals surface area contributed by atoms with Crippen LogP contribution in [0.15, 0.2) is 42.5 Å². The van der Waals surface area contributed by atoms with Gasteiger partial charge in [-0.3, -0.25) is 9.59 Å². The van der Waals surface area contributed by atoms with Crippen molar-refractivity contribution in [2.45, 2.75) is 33.7 Å². The minimum absolute atomic E-state index is 0.0397. The predicted molar refractivity (Wildman–Crippen MR) is 96.0 cm³/mol. The lowest BCUT2D eigenvalue weighted by molar-refractivity contribution is -0.120. The first-order valence-corrected chi connectivity index (χ1v) is 8.08. The summed E-state index contributed by atoms with van der Waals surface area (Å²) in [6.45, 7) is 7.87. The first-order chi connectivity index (χ1) is 11.4. The van der Waals surface area contributed by atoms with E-state index in [1.54, 1.807) is 6.07 Å². The second-order valence-corrected chi connectivity index (χ2v) is 6.18. The van der Waals surface area contributed by atoms with Gasteiger partial charge in [0, 0.05) is 5.56 Å². The molecule has 0 saturated heterocycles. The smallest absolute Gasteiger partial charge is 0.251 e. The van der Waals surface area contributed by atoms with Crippen molar-refractivity contribution in [2.75, 3.05) is 6.54 Å². The topological polar surface area (TPSA) is 58.2 Å². The normalized spacial score (nSPS) is 11.7. The SMILES string of the molecule is Cc1ccc(C(C)NC(=O)CNC(=O)c2ccc(C)c(C)c2)cc1. The molecule has 24 heavy (non-hydrogen) atoms. The molecule has 0 fully saturated rings. The van der Waals surface area contributed by atoms with Gasteiger partial charge in [0.15, 0.2) is 0 Å². The average Bonchev–Trinajstić information content (AvgIpc) is 2.55. The lowest BCUT2D eigenvalue weighted by Gasteiger charge is -2.15. The molecule has 0 heterocycles. The van der Waals surface area contributed by atoms with E-state index >= 15 is 0 Å². The number of hydrogen-bond acceptors (Lipinski definition) is 2. The Bertz CT molecular complexity index is 736. The summed E-state index contributed by atoms with van der Waals surface area (Å²) >= 11 is 0. The summed E-state index contributed by atoms with van der Waals surface area (Å²) in [4.78, 5) is 24.1. The molecule has 4 heteroatoms. The molecular weight excluding hydrogens is 300 g/mol. The molecule has 2 rings (SSSR count). The van der Waals surface area contributed by atoms with Crippen LogP contribution in [0.3, 0.4) is 0 Å². The number of amides is 2. The van der Waals surface area contributed by atoms with Crippen molar-refractivity contribution in [1.29, 1.82) is 0 Å². The molecule has 1 atom stereocenters. The van der Waals surface area contributed by atoms with Crippen molar-refractivity contribution in [3.63, 3.8) is 0 Å². The molecule has 126 valence electrons. The Morgan fingerprint density at radius 2 is 1.62 bits per heavy atom. The van der Waals surface area contributed by atoms with Gasteiger partial charge in [0.2, 0.25) is 5.91 Å². The van der Waals surface area contributed by atoms with E-state index in [4.69, 9.17) is 0 Å². The van der Waals surface area contributed by atoms with Gasteiger partial charge in [-0.05, 0) is 56.5 Å². The quantitative estimate of drug-likeness (QED) is 0.887. The fraction of sp³-hybridized carbons (Fsp3) is 0.300. The van der Waals surface area contributed by atoms with Crippen LogP contribution >= 0.6 is 0 Å². The highest BCUT2D eigenvalue weighted by Gasteiger charge is 2.12. The summed E-state index contributed by atoms with van der Waals surface area (Å²) in [5, 5.41) is 5.55. The predicted octanol–water partition coefficient (Wildman–Crippen LogP) is 3.22. The fourth-order valence-electron chi connectivity index (χ4n) is 2.38. The van der Waals surface area contributed by atoms with Crippen LogP contribution in [-0.2, 0) is 4.79 Å². The van der Waals surface area contributed by atoms with E-state index in [0.29, 0.717) is 5.56 Å². The van der Waals surface area contributed by atoms with Crippen LogP contribution < -0.4 is 10.6 Å². The number of aryl methyl sites for hydroxylation is 3. The second kappa shape index (κ2) is 7.77. The molecule has 2 N–H and O–H groups in total. The monoisotopic (exact) mass is 324 g/mol. The summed E-state index contributed by atoms with van der Waals surface area (Å²) in [6.07, 6.45) is 0. The number of carbonyl (C=O) groups is 2. The average molecular weight is 324 g/mol. The van der Waals surface area contributed by atoms with Crippen LogP contribution in [0.1, 0.15) is 45.6 Å². The van der Waals surface area contributed by atoms with Crippen molar-refractivity contribution in [3.8, 4) is 0 Å². The number of nitrogens with one attached hydrogen (secondary N) is 2. The molecule has 2 aromatic rings. The summed E-state index contributed by atoms with van der Waals surface area (Å²) < 4.78 is 0. The maximum Gasteiger partial charge on any atom is 0.251 e. The van der Waals surface area contributed by atoms with Crippen LogP contribution in [0.5, 0.6) is 0 Å². The number of rotatable bonds is 5. The number of benzene rings is 2. The van der Waals surface area contributed by atoms with Crippen molar-refractivity contribution >= 4 is 11.8 Å². The third-order valence-corrected chi connectivity index (χ3v) is 4.13. The Morgan fingerprint density at radius 1 is 0.958 bits per heavy atom. The van der Waals surface area contributed by atoms with Gasteiger partial charge in [-0.25, -0.2) is 0 Å². The molecule has 0 aliphatic carbocycles. The minimum atomic E-state index is -0.240. The van der Waals surface area contributed by atoms with E-state index in [0.717, 1.165) is 16.7 Å². The van der Waals surface area contributed by atoms with Crippen LogP contribution in [0.4, 0.5) is 0 Å². The third kappa shape index (κ3) is 4.69. The molecule has 0 aliphatic heterocycles. The van der Waals surface area contributed by atoms with Gasteiger partial charge >= 0.3 is 0 Å². The van der Waals surface area contributed by atoms with E-state index in [1.165, 1.54) is 5.56 Å². The molecule has 0 saturated carbocycles. The molecule has 2 amide bonds. The Hall–Kier alpha value is -2.62. The summed E-state index contributed by atoms with van der Waals surface area (Å²) in [7, 11) is 0. The third-order valence-electron chi connectivity index (χ3n) is 4.13. The van der Waals surface area contributed by atoms with Gasteiger partial charge in [0.25, 0.3) is 5.91 Å². The van der Waals surface area contributed by atoms with Crippen molar-refractivity contribution in [3.05, 3.63) is 70.3 Å². The zero-order valence-electron chi connectivity index (χ0n) is 14.6. The van der Waals surface area contributed by atoms with Gasteiger partial charge < -0.3 is 10.6 Å². The van der Waals surface area contributed by atoms with Gasteiger partial charge in [-0.2, -0.15) is 0 Å². The van der Waals surface area contributed by atoms with Crippen molar-refractivity contribution < 1.29 is 9.59 Å². The van der Waals surface area contributed by atoms with E-state index in [1.807, 2.05) is 64.1 Å². The molecule has 2 aromatic carbocycles. The highest BCUT2D eigenvalue weighted by molar-refractivity contribution is 5.96. The molecule has 0 spiro atoms. The van der Waals surface area contributed by atoms with Crippen LogP contribution in [0.25, 0.3) is 0 Å². The van der Waals surface area contributed by atoms with Crippen molar-refractivity contribution in [1.82, 2.24) is 10.6 Å². The highest BCUT2D eigenvalue weighted by atomic mass is 16.2. The lowest BCUT2D eigenvalue weighted by Crippen LogP contribution is -2.38. The number of carbonyl (C=O) groups excluding carboxylic acids is 2. The Kier molecular flexibility index (Phi) is 5.74. The van der Waals surface area contributed by atoms with Crippen LogP contribution in [0.2, 0.25) is 0 Å². The zero-order chi connectivity index (χ0) is 17.7. The molecule has 0 bridgehead atoms. The Labute approximate surface area is 143 Å². The van der Waals surface area contributed by atoms with Gasteiger partial charge in [0.05, 0.1) is 12.6 Å². The first-order valence-electron chi connectivity index (χ1n) is 8.08. The molecule has 0 aliphatic rings. The zero-order valence-corrected chi connectivity index (χ0v) is 14.6. The first kappa shape index (κ1) is 17.7. The highest BCUT2D eigenvalue weighted by Crippen LogP contribution is 2.13. The fourth-order valence-corrected chi connectivity index (χ4v) is 2.38. The van der Waals surface area contributed by atoms with Crippen LogP contribution in [-0.4, -0.2) is 18.4 Å². The van der Waals surface area contributed by atoms with E-state index in [2.05, 4.69) is 10.6 Å². The summed E-state index contributed by atoms with van der Waals surface area (Å²) in [5.41, 5.74) is 4.97. The standard InChI is InChI=1S/C20H24N2O2/c1-13-5-8-17(9-6-13)16(4)22-19(23)12-21-20(24)18-10-7-14(2)15(3)11-18/h5-11,16H,12H2,1-4H3,(H,21,24)(H,22,23). The Balaban J connectivity index is 1.87. The second-order valence-electron chi connectivity index (χ2n) is 6.18. The largest absolute Gasteiger partial charge is 0.348 e. The molecule has 0 radical (unpaired) electrons. The van der Waals surface area contributed by atoms with E-state index in [-0.39, 0.29) is 24.4 Å². The summed E-state index contributed by atoms with van der Waals surface area (Å²) in [5.74, 6) is -0.448. The van der Waals surface area contributed by atoms with Crippen LogP contribution in [0, 0.1) is 20.8 Å². The van der Waals surface area contributed by atoms with Gasteiger partial charge in [0.1, 0.15) is 0 Å². The van der Waals surface area contributed by atoms with Gasteiger partial charge in [-0.15, -0.1) is 0 Å². The molecule has 0 aromatic heterocycles. The molecular formula is C20H24N2O2.